The van der Waals surface area contributed by atoms with E-state index in [9.17, 15) is 4.79 Å². The fourth-order valence-electron chi connectivity index (χ4n) is 3.74. The highest BCUT2D eigenvalue weighted by atomic mass is 35.5. The average molecular weight is 409 g/mol. The van der Waals surface area contributed by atoms with E-state index in [2.05, 4.69) is 15.1 Å². The predicted octanol–water partition coefficient (Wildman–Crippen LogP) is 4.40. The molecule has 0 saturated carbocycles. The van der Waals surface area contributed by atoms with Gasteiger partial charge in [0.25, 0.3) is 5.89 Å². The molecule has 7 nitrogen and oxygen atoms in total. The zero-order valence-corrected chi connectivity index (χ0v) is 16.3. The van der Waals surface area contributed by atoms with Crippen LogP contribution >= 0.6 is 11.6 Å². The first kappa shape index (κ1) is 17.8. The maximum atomic E-state index is 12.6. The summed E-state index contributed by atoms with van der Waals surface area (Å²) in [6.07, 6.45) is 2.19. The van der Waals surface area contributed by atoms with Crippen LogP contribution in [0.2, 0.25) is 5.02 Å². The lowest BCUT2D eigenvalue weighted by molar-refractivity contribution is -0.117. The zero-order chi connectivity index (χ0) is 20.0. The van der Waals surface area contributed by atoms with Crippen molar-refractivity contribution >= 4 is 34.1 Å². The van der Waals surface area contributed by atoms with Gasteiger partial charge in [-0.25, -0.2) is 0 Å². The molecule has 0 radical (unpaired) electrons. The number of anilines is 1. The highest BCUT2D eigenvalue weighted by Crippen LogP contribution is 2.35. The van der Waals surface area contributed by atoms with E-state index in [4.69, 9.17) is 20.9 Å². The molecule has 1 unspecified atom stereocenters. The molecule has 1 aliphatic rings. The molecule has 146 valence electrons. The van der Waals surface area contributed by atoms with E-state index in [0.29, 0.717) is 35.5 Å². The van der Waals surface area contributed by atoms with Crippen molar-refractivity contribution < 1.29 is 14.1 Å². The lowest BCUT2D eigenvalue weighted by Gasteiger charge is -2.17. The zero-order valence-electron chi connectivity index (χ0n) is 15.6. The molecule has 1 amide bonds. The van der Waals surface area contributed by atoms with E-state index < -0.39 is 0 Å². The first-order valence-electron chi connectivity index (χ1n) is 9.18. The van der Waals surface area contributed by atoms with Crippen LogP contribution in [0.4, 0.5) is 5.69 Å². The highest BCUT2D eigenvalue weighted by Gasteiger charge is 2.35. The molecular formula is C21H17ClN4O3. The smallest absolute Gasteiger partial charge is 0.258 e. The van der Waals surface area contributed by atoms with Gasteiger partial charge in [0.15, 0.2) is 5.82 Å². The van der Waals surface area contributed by atoms with Gasteiger partial charge in [-0.2, -0.15) is 4.98 Å². The van der Waals surface area contributed by atoms with Crippen LogP contribution in [-0.4, -0.2) is 34.7 Å². The number of carbonyl (C=O) groups is 1. The van der Waals surface area contributed by atoms with Crippen molar-refractivity contribution in [1.82, 2.24) is 15.1 Å². The molecule has 2 aromatic carbocycles. The third-order valence-electron chi connectivity index (χ3n) is 5.20. The van der Waals surface area contributed by atoms with Crippen LogP contribution in [0.15, 0.2) is 53.2 Å². The Bertz CT molecular complexity index is 1220. The molecule has 1 fully saturated rings. The molecule has 0 spiro atoms. The molecule has 5 rings (SSSR count). The summed E-state index contributed by atoms with van der Waals surface area (Å²) in [6, 6.07) is 13.1. The summed E-state index contributed by atoms with van der Waals surface area (Å²) >= 11 is 6.21. The summed E-state index contributed by atoms with van der Waals surface area (Å²) in [5.74, 6) is 1.40. The number of nitrogens with one attached hydrogen (secondary N) is 1. The van der Waals surface area contributed by atoms with Gasteiger partial charge in [0, 0.05) is 47.2 Å². The van der Waals surface area contributed by atoms with Gasteiger partial charge < -0.3 is 19.1 Å². The molecule has 8 heteroatoms. The normalized spacial score (nSPS) is 16.7. The minimum absolute atomic E-state index is 0.00433. The van der Waals surface area contributed by atoms with E-state index in [0.717, 1.165) is 22.2 Å². The van der Waals surface area contributed by atoms with Gasteiger partial charge in [-0.05, 0) is 36.4 Å². The Morgan fingerprint density at radius 3 is 3.00 bits per heavy atom. The summed E-state index contributed by atoms with van der Waals surface area (Å²) < 4.78 is 10.7. The summed E-state index contributed by atoms with van der Waals surface area (Å²) in [5, 5.41) is 5.63. The Hall–Kier alpha value is -3.32. The maximum Gasteiger partial charge on any atom is 0.258 e. The standard InChI is InChI=1S/C21H17ClN4O3/c1-28-18-6-5-13(10-16(18)22)26-11-12(9-19(26)27)20-24-21(29-25-20)15-3-2-4-17-14(15)7-8-23-17/h2-8,10,12,23H,9,11H2,1H3. The van der Waals surface area contributed by atoms with Crippen LogP contribution in [-0.2, 0) is 4.79 Å². The van der Waals surface area contributed by atoms with Crippen LogP contribution in [0.5, 0.6) is 5.75 Å². The minimum Gasteiger partial charge on any atom is -0.495 e. The number of aromatic amines is 1. The Morgan fingerprint density at radius 1 is 1.28 bits per heavy atom. The molecule has 1 saturated heterocycles. The monoisotopic (exact) mass is 408 g/mol. The van der Waals surface area contributed by atoms with E-state index in [1.54, 1.807) is 24.1 Å². The van der Waals surface area contributed by atoms with E-state index in [-0.39, 0.29) is 11.8 Å². The van der Waals surface area contributed by atoms with Gasteiger partial charge in [-0.15, -0.1) is 0 Å². The van der Waals surface area contributed by atoms with Crippen molar-refractivity contribution in [3.8, 4) is 17.2 Å². The second-order valence-corrected chi connectivity index (χ2v) is 7.33. The number of amides is 1. The van der Waals surface area contributed by atoms with Crippen LogP contribution in [0.25, 0.3) is 22.4 Å². The van der Waals surface area contributed by atoms with Crippen molar-refractivity contribution in [2.45, 2.75) is 12.3 Å². The number of methoxy groups -OCH3 is 1. The molecule has 1 atom stereocenters. The van der Waals surface area contributed by atoms with Crippen LogP contribution in [0, 0.1) is 0 Å². The van der Waals surface area contributed by atoms with Crippen LogP contribution in [0.3, 0.4) is 0 Å². The number of ether oxygens (including phenoxy) is 1. The lowest BCUT2D eigenvalue weighted by Crippen LogP contribution is -2.24. The number of nitrogens with zero attached hydrogens (tertiary/aromatic N) is 3. The summed E-state index contributed by atoms with van der Waals surface area (Å²) in [7, 11) is 1.56. The molecule has 2 aromatic heterocycles. The molecular weight excluding hydrogens is 392 g/mol. The Kier molecular flexibility index (Phi) is 4.24. The van der Waals surface area contributed by atoms with Gasteiger partial charge in [0.05, 0.1) is 12.1 Å². The van der Waals surface area contributed by atoms with Crippen molar-refractivity contribution in [2.24, 2.45) is 0 Å². The first-order chi connectivity index (χ1) is 14.1. The summed E-state index contributed by atoms with van der Waals surface area (Å²) in [5.41, 5.74) is 2.59. The SMILES string of the molecule is COc1ccc(N2CC(c3noc(-c4cccc5[nH]ccc45)n3)CC2=O)cc1Cl. The van der Waals surface area contributed by atoms with Crippen LogP contribution in [0.1, 0.15) is 18.2 Å². The topological polar surface area (TPSA) is 84.2 Å². The Balaban J connectivity index is 1.41. The highest BCUT2D eigenvalue weighted by molar-refractivity contribution is 6.32. The number of benzene rings is 2. The third-order valence-corrected chi connectivity index (χ3v) is 5.50. The number of H-pyrrole nitrogens is 1. The largest absolute Gasteiger partial charge is 0.495 e. The molecule has 4 aromatic rings. The van der Waals surface area contributed by atoms with Crippen molar-refractivity contribution in [3.63, 3.8) is 0 Å². The molecule has 3 heterocycles. The summed E-state index contributed by atoms with van der Waals surface area (Å²) in [4.78, 5) is 22.1. The Morgan fingerprint density at radius 2 is 2.17 bits per heavy atom. The molecule has 0 bridgehead atoms. The van der Waals surface area contributed by atoms with Gasteiger partial charge >= 0.3 is 0 Å². The number of hydrogen-bond donors (Lipinski definition) is 1. The number of halogens is 1. The Labute approximate surface area is 171 Å². The number of rotatable bonds is 4. The van der Waals surface area contributed by atoms with E-state index >= 15 is 0 Å². The van der Waals surface area contributed by atoms with Crippen molar-refractivity contribution in [1.29, 1.82) is 0 Å². The third kappa shape index (κ3) is 3.03. The predicted molar refractivity (Wildman–Crippen MR) is 109 cm³/mol. The van der Waals surface area contributed by atoms with Crippen LogP contribution < -0.4 is 9.64 Å². The fourth-order valence-corrected chi connectivity index (χ4v) is 3.99. The van der Waals surface area contributed by atoms with E-state index in [1.807, 2.05) is 36.5 Å². The van der Waals surface area contributed by atoms with Crippen molar-refractivity contribution in [3.05, 3.63) is 59.5 Å². The molecule has 0 aliphatic carbocycles. The number of fused-ring (bicyclic) bond motifs is 1. The van der Waals surface area contributed by atoms with Gasteiger partial charge in [-0.3, -0.25) is 4.79 Å². The van der Waals surface area contributed by atoms with E-state index in [1.165, 1.54) is 0 Å². The van der Waals surface area contributed by atoms with Gasteiger partial charge in [0.1, 0.15) is 5.75 Å². The minimum atomic E-state index is -0.147. The number of hydrogen-bond acceptors (Lipinski definition) is 5. The molecule has 1 N–H and O–H groups in total. The van der Waals surface area contributed by atoms with Crippen molar-refractivity contribution in [2.75, 3.05) is 18.6 Å². The number of aromatic nitrogens is 3. The quantitative estimate of drug-likeness (QED) is 0.541. The fraction of sp³-hybridized carbons (Fsp3) is 0.190. The maximum absolute atomic E-state index is 12.6. The second kappa shape index (κ2) is 6.93. The summed E-state index contributed by atoms with van der Waals surface area (Å²) in [6.45, 7) is 0.467. The first-order valence-corrected chi connectivity index (χ1v) is 9.56. The average Bonchev–Trinajstić information content (AvgIpc) is 3.46. The van der Waals surface area contributed by atoms with Gasteiger partial charge in [-0.1, -0.05) is 22.8 Å². The number of carbonyl (C=O) groups excluding carboxylic acids is 1. The molecule has 1 aliphatic heterocycles. The van der Waals surface area contributed by atoms with Gasteiger partial charge in [0.2, 0.25) is 5.91 Å². The second-order valence-electron chi connectivity index (χ2n) is 6.93. The molecule has 29 heavy (non-hydrogen) atoms. The lowest BCUT2D eigenvalue weighted by atomic mass is 10.1.